The van der Waals surface area contributed by atoms with Crippen LogP contribution in [0.3, 0.4) is 0 Å². The summed E-state index contributed by atoms with van der Waals surface area (Å²) >= 11 is 0. The van der Waals surface area contributed by atoms with Gasteiger partial charge in [-0.25, -0.2) is 4.79 Å². The van der Waals surface area contributed by atoms with E-state index >= 15 is 0 Å². The zero-order chi connectivity index (χ0) is 25.4. The van der Waals surface area contributed by atoms with Gasteiger partial charge in [-0.3, -0.25) is 0 Å². The third-order valence-electron chi connectivity index (χ3n) is 6.27. The van der Waals surface area contributed by atoms with E-state index in [0.717, 1.165) is 49.8 Å². The fourth-order valence-electron chi connectivity index (χ4n) is 4.14. The van der Waals surface area contributed by atoms with Gasteiger partial charge in [-0.2, -0.15) is 13.2 Å². The van der Waals surface area contributed by atoms with Crippen molar-refractivity contribution in [2.24, 2.45) is 5.92 Å². The first-order valence-electron chi connectivity index (χ1n) is 13.1. The maximum absolute atomic E-state index is 12.2. The molecular weight excluding hydrogens is 457 g/mol. The van der Waals surface area contributed by atoms with Crippen LogP contribution in [0.5, 0.6) is 5.75 Å². The Hall–Kier alpha value is -2.02. The van der Waals surface area contributed by atoms with Crippen LogP contribution >= 0.6 is 0 Å². The summed E-state index contributed by atoms with van der Waals surface area (Å²) in [6, 6.07) is 7.57. The Morgan fingerprint density at radius 2 is 1.63 bits per heavy atom. The molecule has 0 radical (unpaired) electrons. The van der Waals surface area contributed by atoms with Gasteiger partial charge in [0, 0.05) is 19.1 Å². The minimum Gasteiger partial charge on any atom is -0.493 e. The molecule has 0 N–H and O–H groups in total. The molecule has 0 unspecified atom stereocenters. The normalized spacial score (nSPS) is 18.6. The SMILES string of the molecule is CCCCCCCCOC(=O)C=Cc1ccc(OCC2CCC(OCCCC(F)(F)F)CC2)cc1. The molecule has 1 aromatic rings. The summed E-state index contributed by atoms with van der Waals surface area (Å²) in [5.41, 5.74) is 0.900. The lowest BCUT2D eigenvalue weighted by atomic mass is 9.88. The average Bonchev–Trinajstić information content (AvgIpc) is 2.84. The van der Waals surface area contributed by atoms with E-state index < -0.39 is 12.6 Å². The molecule has 0 aliphatic heterocycles. The molecule has 0 saturated heterocycles. The number of esters is 1. The van der Waals surface area contributed by atoms with Gasteiger partial charge in [0.25, 0.3) is 0 Å². The molecule has 35 heavy (non-hydrogen) atoms. The summed E-state index contributed by atoms with van der Waals surface area (Å²) in [6.45, 7) is 3.44. The van der Waals surface area contributed by atoms with Crippen molar-refractivity contribution in [1.29, 1.82) is 0 Å². The van der Waals surface area contributed by atoms with Gasteiger partial charge in [0.05, 0.1) is 19.3 Å². The second-order valence-corrected chi connectivity index (χ2v) is 9.38. The summed E-state index contributed by atoms with van der Waals surface area (Å²) in [5, 5.41) is 0. The van der Waals surface area contributed by atoms with E-state index in [4.69, 9.17) is 14.2 Å². The zero-order valence-corrected chi connectivity index (χ0v) is 21.0. The fraction of sp³-hybridized carbons (Fsp3) is 0.679. The third kappa shape index (κ3) is 14.2. The Morgan fingerprint density at radius 3 is 2.31 bits per heavy atom. The number of hydrogen-bond donors (Lipinski definition) is 0. The number of halogens is 3. The smallest absolute Gasteiger partial charge is 0.389 e. The standard InChI is InChI=1S/C28H41F3O4/c1-2-3-4-5-6-7-20-34-27(32)18-13-23-9-14-26(15-10-23)35-22-24-11-16-25(17-12-24)33-21-8-19-28(29,30)31/h9-10,13-15,18,24-25H,2-8,11-12,16-17,19-22H2,1H3. The van der Waals surface area contributed by atoms with Crippen molar-refractivity contribution in [3.63, 3.8) is 0 Å². The van der Waals surface area contributed by atoms with Gasteiger partial charge >= 0.3 is 12.1 Å². The van der Waals surface area contributed by atoms with Crippen LogP contribution < -0.4 is 4.74 Å². The molecule has 0 bridgehead atoms. The van der Waals surface area contributed by atoms with Gasteiger partial charge in [-0.05, 0) is 68.2 Å². The average molecular weight is 499 g/mol. The second kappa shape index (κ2) is 16.6. The number of hydrogen-bond acceptors (Lipinski definition) is 4. The highest BCUT2D eigenvalue weighted by Gasteiger charge is 2.27. The van der Waals surface area contributed by atoms with Crippen LogP contribution in [0.15, 0.2) is 30.3 Å². The Labute approximate surface area is 208 Å². The van der Waals surface area contributed by atoms with Crippen LogP contribution in [0.1, 0.15) is 89.5 Å². The Kier molecular flexibility index (Phi) is 13.9. The first-order chi connectivity index (χ1) is 16.9. The molecule has 1 aromatic carbocycles. The predicted octanol–water partition coefficient (Wildman–Crippen LogP) is 7.90. The lowest BCUT2D eigenvalue weighted by molar-refractivity contribution is -0.139. The van der Waals surface area contributed by atoms with E-state index in [2.05, 4.69) is 6.92 Å². The highest BCUT2D eigenvalue weighted by molar-refractivity contribution is 5.87. The maximum atomic E-state index is 12.2. The van der Waals surface area contributed by atoms with E-state index in [9.17, 15) is 18.0 Å². The van der Waals surface area contributed by atoms with Crippen molar-refractivity contribution >= 4 is 12.0 Å². The molecule has 0 atom stereocenters. The summed E-state index contributed by atoms with van der Waals surface area (Å²) in [6.07, 6.45) is 8.95. The molecule has 7 heteroatoms. The monoisotopic (exact) mass is 498 g/mol. The van der Waals surface area contributed by atoms with Gasteiger partial charge in [0.15, 0.2) is 0 Å². The number of carbonyl (C=O) groups excluding carboxylic acids is 1. The predicted molar refractivity (Wildman–Crippen MR) is 132 cm³/mol. The lowest BCUT2D eigenvalue weighted by Gasteiger charge is -2.28. The highest BCUT2D eigenvalue weighted by Crippen LogP contribution is 2.28. The first-order valence-corrected chi connectivity index (χ1v) is 13.1. The van der Waals surface area contributed by atoms with E-state index in [1.165, 1.54) is 31.8 Å². The molecule has 4 nitrogen and oxygen atoms in total. The fourth-order valence-corrected chi connectivity index (χ4v) is 4.14. The Bertz CT molecular complexity index is 723. The van der Waals surface area contributed by atoms with Crippen LogP contribution in [0.25, 0.3) is 6.08 Å². The van der Waals surface area contributed by atoms with Crippen molar-refractivity contribution in [1.82, 2.24) is 0 Å². The molecule has 1 aliphatic rings. The van der Waals surface area contributed by atoms with Crippen molar-refractivity contribution in [2.75, 3.05) is 19.8 Å². The maximum Gasteiger partial charge on any atom is 0.389 e. The molecule has 0 aromatic heterocycles. The van der Waals surface area contributed by atoms with Crippen molar-refractivity contribution in [3.05, 3.63) is 35.9 Å². The molecule has 0 amide bonds. The largest absolute Gasteiger partial charge is 0.493 e. The van der Waals surface area contributed by atoms with Gasteiger partial charge < -0.3 is 14.2 Å². The summed E-state index contributed by atoms with van der Waals surface area (Å²) in [5.74, 6) is 0.878. The minimum atomic E-state index is -4.11. The van der Waals surface area contributed by atoms with Gasteiger partial charge in [-0.15, -0.1) is 0 Å². The highest BCUT2D eigenvalue weighted by atomic mass is 19.4. The van der Waals surface area contributed by atoms with Crippen LogP contribution in [0, 0.1) is 5.92 Å². The number of benzene rings is 1. The quantitative estimate of drug-likeness (QED) is 0.132. The van der Waals surface area contributed by atoms with Crippen molar-refractivity contribution < 1.29 is 32.2 Å². The molecule has 2 rings (SSSR count). The third-order valence-corrected chi connectivity index (χ3v) is 6.27. The summed E-state index contributed by atoms with van der Waals surface area (Å²) in [4.78, 5) is 11.8. The van der Waals surface area contributed by atoms with E-state index in [0.29, 0.717) is 19.1 Å². The topological polar surface area (TPSA) is 44.8 Å². The van der Waals surface area contributed by atoms with Gasteiger partial charge in [0.2, 0.25) is 0 Å². The number of alkyl halides is 3. The molecule has 0 spiro atoms. The van der Waals surface area contributed by atoms with E-state index in [1.807, 2.05) is 24.3 Å². The molecule has 198 valence electrons. The van der Waals surface area contributed by atoms with Crippen LogP contribution in [-0.4, -0.2) is 38.1 Å². The van der Waals surface area contributed by atoms with E-state index in [-0.39, 0.29) is 25.1 Å². The number of rotatable bonds is 16. The minimum absolute atomic E-state index is 0.0259. The summed E-state index contributed by atoms with van der Waals surface area (Å²) in [7, 11) is 0. The van der Waals surface area contributed by atoms with Crippen LogP contribution in [0.4, 0.5) is 13.2 Å². The van der Waals surface area contributed by atoms with Crippen molar-refractivity contribution in [3.8, 4) is 5.75 Å². The lowest BCUT2D eigenvalue weighted by Crippen LogP contribution is -2.25. The Morgan fingerprint density at radius 1 is 0.943 bits per heavy atom. The Balaban J connectivity index is 1.56. The number of carbonyl (C=O) groups is 1. The van der Waals surface area contributed by atoms with Crippen molar-refractivity contribution in [2.45, 2.75) is 96.3 Å². The molecule has 1 fully saturated rings. The molecule has 0 heterocycles. The van der Waals surface area contributed by atoms with Gasteiger partial charge in [0.1, 0.15) is 5.75 Å². The first kappa shape index (κ1) is 29.2. The molecule has 1 saturated carbocycles. The van der Waals surface area contributed by atoms with Gasteiger partial charge in [-0.1, -0.05) is 51.2 Å². The molecule has 1 aliphatic carbocycles. The van der Waals surface area contributed by atoms with Crippen LogP contribution in [-0.2, 0) is 14.3 Å². The number of ether oxygens (including phenoxy) is 3. The second-order valence-electron chi connectivity index (χ2n) is 9.38. The summed E-state index contributed by atoms with van der Waals surface area (Å²) < 4.78 is 53.3. The van der Waals surface area contributed by atoms with E-state index in [1.54, 1.807) is 6.08 Å². The number of unbranched alkanes of at least 4 members (excludes halogenated alkanes) is 5. The zero-order valence-electron chi connectivity index (χ0n) is 21.0. The van der Waals surface area contributed by atoms with Crippen LogP contribution in [0.2, 0.25) is 0 Å². The molecular formula is C28H41F3O4.